The lowest BCUT2D eigenvalue weighted by Crippen LogP contribution is -2.49. The number of ether oxygens (including phenoxy) is 1. The first-order valence-electron chi connectivity index (χ1n) is 7.01. The molecular formula is C17H16ClNO2. The lowest BCUT2D eigenvalue weighted by atomic mass is 9.76. The molecule has 2 aliphatic rings. The van der Waals surface area contributed by atoms with Crippen LogP contribution in [-0.2, 0) is 11.8 Å². The molecule has 0 spiro atoms. The molecule has 1 N–H and O–H groups in total. The molecule has 2 atom stereocenters. The average Bonchev–Trinajstić information content (AvgIpc) is 2.68. The second kappa shape index (κ2) is 4.08. The van der Waals surface area contributed by atoms with Crippen LogP contribution in [0.5, 0.6) is 11.5 Å². The van der Waals surface area contributed by atoms with Gasteiger partial charge in [0.05, 0.1) is 10.4 Å². The number of anilines is 1. The predicted octanol–water partition coefficient (Wildman–Crippen LogP) is 3.71. The fraction of sp³-hybridized carbons (Fsp3) is 0.294. The van der Waals surface area contributed by atoms with Crippen LogP contribution in [0.2, 0.25) is 5.02 Å². The summed E-state index contributed by atoms with van der Waals surface area (Å²) in [5.74, 6) is 0.876. The Labute approximate surface area is 128 Å². The van der Waals surface area contributed by atoms with Crippen LogP contribution >= 0.6 is 11.6 Å². The summed E-state index contributed by atoms with van der Waals surface area (Å²) in [7, 11) is 2.06. The van der Waals surface area contributed by atoms with E-state index in [2.05, 4.69) is 37.1 Å². The van der Waals surface area contributed by atoms with Gasteiger partial charge < -0.3 is 14.7 Å². The highest BCUT2D eigenvalue weighted by Gasteiger charge is 2.51. The molecule has 0 aromatic heterocycles. The largest absolute Gasteiger partial charge is 0.506 e. The van der Waals surface area contributed by atoms with Crippen LogP contribution in [0.4, 0.5) is 5.69 Å². The van der Waals surface area contributed by atoms with Crippen molar-refractivity contribution in [1.29, 1.82) is 0 Å². The van der Waals surface area contributed by atoms with Crippen molar-refractivity contribution in [3.8, 4) is 11.5 Å². The summed E-state index contributed by atoms with van der Waals surface area (Å²) in [6.07, 6.45) is 0.766. The molecule has 0 amide bonds. The van der Waals surface area contributed by atoms with Crippen LogP contribution < -0.4 is 9.64 Å². The number of hydrogen-bond donors (Lipinski definition) is 1. The summed E-state index contributed by atoms with van der Waals surface area (Å²) in [6, 6.07) is 11.8. The number of aromatic hydroxyl groups is 1. The second-order valence-electron chi connectivity index (χ2n) is 6.10. The first kappa shape index (κ1) is 12.8. The first-order chi connectivity index (χ1) is 10.0. The summed E-state index contributed by atoms with van der Waals surface area (Å²) < 4.78 is 6.22. The van der Waals surface area contributed by atoms with Gasteiger partial charge in [0.2, 0.25) is 0 Å². The van der Waals surface area contributed by atoms with Crippen molar-refractivity contribution in [2.24, 2.45) is 0 Å². The number of phenolic OH excluding ortho intramolecular Hbond substituents is 1. The van der Waals surface area contributed by atoms with E-state index in [9.17, 15) is 5.11 Å². The van der Waals surface area contributed by atoms with E-state index in [0.717, 1.165) is 17.7 Å². The molecule has 0 bridgehead atoms. The van der Waals surface area contributed by atoms with Gasteiger partial charge in [0.1, 0.15) is 11.5 Å². The number of benzene rings is 2. The predicted molar refractivity (Wildman–Crippen MR) is 83.4 cm³/mol. The Bertz CT molecular complexity index is 746. The fourth-order valence-corrected chi connectivity index (χ4v) is 3.85. The van der Waals surface area contributed by atoms with Gasteiger partial charge in [-0.15, -0.1) is 0 Å². The molecule has 21 heavy (non-hydrogen) atoms. The normalized spacial score (nSPS) is 25.9. The molecule has 0 aliphatic carbocycles. The molecule has 2 heterocycles. The first-order valence-corrected chi connectivity index (χ1v) is 7.39. The van der Waals surface area contributed by atoms with Crippen molar-refractivity contribution in [1.82, 2.24) is 0 Å². The molecule has 0 fully saturated rings. The fourth-order valence-electron chi connectivity index (χ4n) is 3.69. The van der Waals surface area contributed by atoms with Crippen LogP contribution in [0.1, 0.15) is 18.1 Å². The molecule has 0 saturated carbocycles. The molecule has 2 aromatic rings. The Morgan fingerprint density at radius 3 is 2.90 bits per heavy atom. The molecule has 2 aromatic carbocycles. The number of rotatable bonds is 0. The summed E-state index contributed by atoms with van der Waals surface area (Å²) in [5, 5.41) is 10.2. The van der Waals surface area contributed by atoms with E-state index in [1.165, 1.54) is 11.3 Å². The van der Waals surface area contributed by atoms with Gasteiger partial charge in [0, 0.05) is 18.8 Å². The zero-order chi connectivity index (χ0) is 14.8. The van der Waals surface area contributed by atoms with Crippen LogP contribution in [0.3, 0.4) is 0 Å². The van der Waals surface area contributed by atoms with Crippen molar-refractivity contribution in [3.63, 3.8) is 0 Å². The van der Waals surface area contributed by atoms with Gasteiger partial charge in [-0.05, 0) is 36.6 Å². The Morgan fingerprint density at radius 2 is 2.10 bits per heavy atom. The van der Waals surface area contributed by atoms with Crippen LogP contribution in [0.25, 0.3) is 0 Å². The summed E-state index contributed by atoms with van der Waals surface area (Å²) in [5.41, 5.74) is 3.37. The highest BCUT2D eigenvalue weighted by molar-refractivity contribution is 6.32. The molecule has 4 heteroatoms. The zero-order valence-electron chi connectivity index (χ0n) is 11.9. The van der Waals surface area contributed by atoms with Crippen LogP contribution in [-0.4, -0.2) is 18.4 Å². The van der Waals surface area contributed by atoms with E-state index < -0.39 is 0 Å². The van der Waals surface area contributed by atoms with E-state index >= 15 is 0 Å². The van der Waals surface area contributed by atoms with Gasteiger partial charge in [-0.3, -0.25) is 0 Å². The van der Waals surface area contributed by atoms with Crippen LogP contribution in [0.15, 0.2) is 36.4 Å². The summed E-state index contributed by atoms with van der Waals surface area (Å²) in [6.45, 7) is 2.22. The quantitative estimate of drug-likeness (QED) is 0.805. The van der Waals surface area contributed by atoms with Gasteiger partial charge in [-0.2, -0.15) is 0 Å². The monoisotopic (exact) mass is 301 g/mol. The molecule has 4 rings (SSSR count). The number of hydrogen-bond acceptors (Lipinski definition) is 3. The van der Waals surface area contributed by atoms with E-state index in [4.69, 9.17) is 16.3 Å². The van der Waals surface area contributed by atoms with Gasteiger partial charge in [0.15, 0.2) is 6.23 Å². The maximum Gasteiger partial charge on any atom is 0.182 e. The number of para-hydroxylation sites is 1. The standard InChI is InChI=1S/C17H16ClNO2/c1-17-9-10-7-14(20)12(18)8-15(10)21-16(17)19(2)13-6-4-3-5-11(13)17/h3-8,16,20H,9H2,1-2H3. The van der Waals surface area contributed by atoms with Gasteiger partial charge >= 0.3 is 0 Å². The zero-order valence-corrected chi connectivity index (χ0v) is 12.7. The second-order valence-corrected chi connectivity index (χ2v) is 6.51. The average molecular weight is 302 g/mol. The third kappa shape index (κ3) is 1.61. The maximum absolute atomic E-state index is 9.85. The smallest absolute Gasteiger partial charge is 0.182 e. The highest BCUT2D eigenvalue weighted by atomic mass is 35.5. The summed E-state index contributed by atoms with van der Waals surface area (Å²) in [4.78, 5) is 2.18. The van der Waals surface area contributed by atoms with Crippen molar-refractivity contribution in [3.05, 3.63) is 52.5 Å². The number of phenols is 1. The van der Waals surface area contributed by atoms with E-state index in [1.807, 2.05) is 6.07 Å². The minimum Gasteiger partial charge on any atom is -0.506 e. The van der Waals surface area contributed by atoms with Crippen molar-refractivity contribution in [2.75, 3.05) is 11.9 Å². The Balaban J connectivity index is 1.88. The molecular weight excluding hydrogens is 286 g/mol. The topological polar surface area (TPSA) is 32.7 Å². The minimum atomic E-state index is -0.126. The Morgan fingerprint density at radius 1 is 1.33 bits per heavy atom. The minimum absolute atomic E-state index is 0.0528. The third-order valence-corrected chi connectivity index (χ3v) is 5.03. The van der Waals surface area contributed by atoms with Crippen molar-refractivity contribution >= 4 is 17.3 Å². The Kier molecular flexibility index (Phi) is 2.49. The number of fused-ring (bicyclic) bond motifs is 4. The molecule has 2 aliphatic heterocycles. The lowest BCUT2D eigenvalue weighted by molar-refractivity contribution is 0.108. The van der Waals surface area contributed by atoms with Gasteiger partial charge in [0.25, 0.3) is 0 Å². The van der Waals surface area contributed by atoms with Crippen LogP contribution in [0, 0.1) is 0 Å². The van der Waals surface area contributed by atoms with Gasteiger partial charge in [-0.25, -0.2) is 0 Å². The maximum atomic E-state index is 9.85. The molecule has 108 valence electrons. The highest BCUT2D eigenvalue weighted by Crippen LogP contribution is 2.51. The van der Waals surface area contributed by atoms with E-state index in [0.29, 0.717) is 5.02 Å². The van der Waals surface area contributed by atoms with E-state index in [-0.39, 0.29) is 17.4 Å². The van der Waals surface area contributed by atoms with Gasteiger partial charge in [-0.1, -0.05) is 29.8 Å². The molecule has 0 radical (unpaired) electrons. The number of nitrogens with zero attached hydrogens (tertiary/aromatic N) is 1. The van der Waals surface area contributed by atoms with E-state index in [1.54, 1.807) is 12.1 Å². The van der Waals surface area contributed by atoms with Crippen molar-refractivity contribution in [2.45, 2.75) is 25.0 Å². The lowest BCUT2D eigenvalue weighted by Gasteiger charge is -2.40. The van der Waals surface area contributed by atoms with Crippen molar-refractivity contribution < 1.29 is 9.84 Å². The summed E-state index contributed by atoms with van der Waals surface area (Å²) >= 11 is 6.01. The third-order valence-electron chi connectivity index (χ3n) is 4.72. The molecule has 0 saturated heterocycles. The number of likely N-dealkylation sites (N-methyl/N-ethyl adjacent to an activating group) is 1. The number of halogens is 1. The SMILES string of the molecule is CN1c2ccccc2C2(C)Cc3cc(O)c(Cl)cc3OC12. The molecule has 2 unspecified atom stereocenters. The Hall–Kier alpha value is -1.87. The molecule has 3 nitrogen and oxygen atoms in total.